The summed E-state index contributed by atoms with van der Waals surface area (Å²) < 4.78 is 0. The zero-order chi connectivity index (χ0) is 23.5. The number of nitrogens with one attached hydrogen (secondary N) is 4. The lowest BCUT2D eigenvalue weighted by Gasteiger charge is -2.26. The van der Waals surface area contributed by atoms with Gasteiger partial charge in [0.15, 0.2) is 0 Å². The summed E-state index contributed by atoms with van der Waals surface area (Å²) in [7, 11) is -1.76. The molecule has 32 heavy (non-hydrogen) atoms. The molecule has 3 rings (SSSR count). The van der Waals surface area contributed by atoms with E-state index in [1.165, 1.54) is 0 Å². The van der Waals surface area contributed by atoms with Crippen molar-refractivity contribution in [2.75, 3.05) is 6.54 Å². The highest BCUT2D eigenvalue weighted by molar-refractivity contribution is 6.76. The number of carbonyl (C=O) groups is 4. The Balaban J connectivity index is 1.73. The minimum Gasteiger partial charge on any atom is -0.356 e. The number of rotatable bonds is 9. The molecule has 1 aromatic heterocycles. The fraction of sp³-hybridized carbons (Fsp3) is 0.455. The van der Waals surface area contributed by atoms with Crippen molar-refractivity contribution in [2.45, 2.75) is 50.6 Å². The van der Waals surface area contributed by atoms with Gasteiger partial charge in [0.1, 0.15) is 18.0 Å². The summed E-state index contributed by atoms with van der Waals surface area (Å²) in [6.07, 6.45) is 1.53. The normalized spacial score (nSPS) is 18.1. The van der Waals surface area contributed by atoms with Gasteiger partial charge in [-0.3, -0.25) is 14.4 Å². The highest BCUT2D eigenvalue weighted by atomic mass is 35.5. The first-order valence-electron chi connectivity index (χ1n) is 10.7. The SMILES string of the molecule is C[Si](C)(C)C[C@H](NC(=O)c1cc2cccc(Cl)c2[nH]1)C(=O)N[C@H](C=O)C[C@@H]1CCNC1=O. The maximum Gasteiger partial charge on any atom is 0.268 e. The molecular weight excluding hydrogens is 448 g/mol. The number of aldehydes is 1. The molecule has 4 N–H and O–H groups in total. The summed E-state index contributed by atoms with van der Waals surface area (Å²) in [6, 6.07) is 5.97. The van der Waals surface area contributed by atoms with Crippen LogP contribution in [0.5, 0.6) is 0 Å². The molecule has 1 fully saturated rings. The lowest BCUT2D eigenvalue weighted by atomic mass is 9.99. The van der Waals surface area contributed by atoms with Crippen molar-refractivity contribution in [1.29, 1.82) is 0 Å². The second-order valence-electron chi connectivity index (χ2n) is 9.44. The monoisotopic (exact) mass is 476 g/mol. The Bertz CT molecular complexity index is 1030. The molecular formula is C22H29ClN4O4Si. The molecule has 1 saturated heterocycles. The second kappa shape index (κ2) is 9.87. The zero-order valence-corrected chi connectivity index (χ0v) is 20.2. The standard InChI is InChI=1S/C22H29ClN4O4Si/c1-32(2,3)12-18(22(31)25-15(11-28)9-14-7-8-24-20(14)29)27-21(30)17-10-13-5-4-6-16(23)19(13)26-17/h4-6,10-11,14-15,18,26H,7-9,12H2,1-3H3,(H,24,29)(H,25,31)(H,27,30)/t14-,15-,18-/m0/s1. The van der Waals surface area contributed by atoms with Crippen molar-refractivity contribution in [3.63, 3.8) is 0 Å². The Kier molecular flexibility index (Phi) is 7.40. The van der Waals surface area contributed by atoms with Gasteiger partial charge in [0.2, 0.25) is 11.8 Å². The van der Waals surface area contributed by atoms with E-state index in [1.54, 1.807) is 18.2 Å². The van der Waals surface area contributed by atoms with Gasteiger partial charge < -0.3 is 25.7 Å². The van der Waals surface area contributed by atoms with E-state index in [2.05, 4.69) is 40.6 Å². The van der Waals surface area contributed by atoms with Crippen molar-refractivity contribution < 1.29 is 19.2 Å². The number of carbonyl (C=O) groups excluding carboxylic acids is 4. The van der Waals surface area contributed by atoms with E-state index in [0.717, 1.165) is 5.39 Å². The van der Waals surface area contributed by atoms with Crippen LogP contribution in [-0.4, -0.2) is 55.7 Å². The number of hydrogen-bond donors (Lipinski definition) is 4. The molecule has 0 radical (unpaired) electrons. The van der Waals surface area contributed by atoms with Crippen LogP contribution in [0.15, 0.2) is 24.3 Å². The van der Waals surface area contributed by atoms with Gasteiger partial charge in [0.05, 0.1) is 16.6 Å². The molecule has 2 aromatic rings. The van der Waals surface area contributed by atoms with E-state index in [1.807, 2.05) is 6.07 Å². The first-order valence-corrected chi connectivity index (χ1v) is 14.8. The van der Waals surface area contributed by atoms with Crippen molar-refractivity contribution in [3.05, 3.63) is 35.0 Å². The smallest absolute Gasteiger partial charge is 0.268 e. The Labute approximate surface area is 192 Å². The molecule has 1 aliphatic rings. The largest absolute Gasteiger partial charge is 0.356 e. The van der Waals surface area contributed by atoms with Gasteiger partial charge in [-0.15, -0.1) is 0 Å². The van der Waals surface area contributed by atoms with Gasteiger partial charge in [-0.2, -0.15) is 0 Å². The maximum atomic E-state index is 13.0. The van der Waals surface area contributed by atoms with Gasteiger partial charge >= 0.3 is 0 Å². The molecule has 1 aromatic carbocycles. The lowest BCUT2D eigenvalue weighted by Crippen LogP contribution is -2.52. The minimum absolute atomic E-state index is 0.101. The highest BCUT2D eigenvalue weighted by Crippen LogP contribution is 2.23. The Morgan fingerprint density at radius 1 is 1.28 bits per heavy atom. The van der Waals surface area contributed by atoms with Crippen LogP contribution in [0.25, 0.3) is 10.9 Å². The van der Waals surface area contributed by atoms with Crippen molar-refractivity contribution >= 4 is 54.6 Å². The van der Waals surface area contributed by atoms with Gasteiger partial charge in [0.25, 0.3) is 5.91 Å². The fourth-order valence-corrected chi connectivity index (χ4v) is 5.65. The zero-order valence-electron chi connectivity index (χ0n) is 18.5. The summed E-state index contributed by atoms with van der Waals surface area (Å²) >= 11 is 6.19. The molecule has 2 heterocycles. The number of hydrogen-bond acceptors (Lipinski definition) is 4. The topological polar surface area (TPSA) is 120 Å². The number of para-hydroxylation sites is 1. The van der Waals surface area contributed by atoms with Crippen LogP contribution in [-0.2, 0) is 14.4 Å². The van der Waals surface area contributed by atoms with Crippen LogP contribution >= 0.6 is 11.6 Å². The van der Waals surface area contributed by atoms with Gasteiger partial charge in [-0.05, 0) is 31.0 Å². The average molecular weight is 477 g/mol. The van der Waals surface area contributed by atoms with Gasteiger partial charge in [0, 0.05) is 25.9 Å². The molecule has 0 bridgehead atoms. The number of benzene rings is 1. The molecule has 0 spiro atoms. The predicted molar refractivity (Wildman–Crippen MR) is 126 cm³/mol. The predicted octanol–water partition coefficient (Wildman–Crippen LogP) is 2.47. The third kappa shape index (κ3) is 5.98. The highest BCUT2D eigenvalue weighted by Gasteiger charge is 2.32. The number of halogens is 1. The van der Waals surface area contributed by atoms with Gasteiger partial charge in [-0.25, -0.2) is 0 Å². The second-order valence-corrected chi connectivity index (χ2v) is 15.4. The molecule has 1 aliphatic heterocycles. The summed E-state index contributed by atoms with van der Waals surface area (Å²) in [4.78, 5) is 52.4. The number of amides is 3. The fourth-order valence-electron chi connectivity index (χ4n) is 3.91. The lowest BCUT2D eigenvalue weighted by molar-refractivity contribution is -0.127. The van der Waals surface area contributed by atoms with Crippen molar-refractivity contribution in [3.8, 4) is 0 Å². The average Bonchev–Trinajstić information content (AvgIpc) is 3.33. The molecule has 0 saturated carbocycles. The first-order chi connectivity index (χ1) is 15.1. The first kappa shape index (κ1) is 24.0. The number of fused-ring (bicyclic) bond motifs is 1. The number of aromatic amines is 1. The van der Waals surface area contributed by atoms with Crippen LogP contribution in [0, 0.1) is 5.92 Å². The van der Waals surface area contributed by atoms with E-state index in [4.69, 9.17) is 11.6 Å². The maximum absolute atomic E-state index is 13.0. The summed E-state index contributed by atoms with van der Waals surface area (Å²) in [5, 5.41) is 9.57. The molecule has 3 amide bonds. The molecule has 172 valence electrons. The van der Waals surface area contributed by atoms with Crippen molar-refractivity contribution in [2.24, 2.45) is 5.92 Å². The van der Waals surface area contributed by atoms with E-state index in [9.17, 15) is 19.2 Å². The van der Waals surface area contributed by atoms with E-state index < -0.39 is 32.0 Å². The summed E-state index contributed by atoms with van der Waals surface area (Å²) in [5.41, 5.74) is 0.956. The van der Waals surface area contributed by atoms with Crippen LogP contribution in [0.2, 0.25) is 30.7 Å². The van der Waals surface area contributed by atoms with E-state index >= 15 is 0 Å². The number of aromatic nitrogens is 1. The van der Waals surface area contributed by atoms with Crippen molar-refractivity contribution in [1.82, 2.24) is 20.9 Å². The quantitative estimate of drug-likeness (QED) is 0.328. The molecule has 0 aliphatic carbocycles. The molecule has 3 atom stereocenters. The van der Waals surface area contributed by atoms with Crippen LogP contribution in [0.4, 0.5) is 0 Å². The summed E-state index contributed by atoms with van der Waals surface area (Å²) in [5.74, 6) is -1.25. The molecule has 8 nitrogen and oxygen atoms in total. The Morgan fingerprint density at radius 2 is 2.03 bits per heavy atom. The van der Waals surface area contributed by atoms with Gasteiger partial charge in [-0.1, -0.05) is 43.4 Å². The van der Waals surface area contributed by atoms with Crippen LogP contribution in [0.1, 0.15) is 23.3 Å². The van der Waals surface area contributed by atoms with E-state index in [-0.39, 0.29) is 18.2 Å². The van der Waals surface area contributed by atoms with Crippen LogP contribution < -0.4 is 16.0 Å². The van der Waals surface area contributed by atoms with Crippen LogP contribution in [0.3, 0.4) is 0 Å². The Hall–Kier alpha value is -2.65. The molecule has 0 unspecified atom stereocenters. The van der Waals surface area contributed by atoms with E-state index in [0.29, 0.717) is 41.5 Å². The minimum atomic E-state index is -1.76. The molecule has 10 heteroatoms. The summed E-state index contributed by atoms with van der Waals surface area (Å²) in [6.45, 7) is 6.87. The Morgan fingerprint density at radius 3 is 2.62 bits per heavy atom. The number of H-pyrrole nitrogens is 1. The third-order valence-corrected chi connectivity index (χ3v) is 7.43. The third-order valence-electron chi connectivity index (χ3n) is 5.48.